The normalized spacial score (nSPS) is 11.3. The van der Waals surface area contributed by atoms with E-state index in [0.717, 1.165) is 28.0 Å². The Labute approximate surface area is 148 Å². The molecule has 130 valence electrons. The molecule has 0 unspecified atom stereocenters. The number of imidazole rings is 1. The van der Waals surface area contributed by atoms with Crippen molar-refractivity contribution < 1.29 is 9.37 Å². The Bertz CT molecular complexity index is 1000. The van der Waals surface area contributed by atoms with Crippen molar-refractivity contribution in [3.63, 3.8) is 0 Å². The maximum absolute atomic E-state index is 5.66. The van der Waals surface area contributed by atoms with Crippen LogP contribution in [0.1, 0.15) is 17.0 Å². The molecule has 0 radical (unpaired) electrons. The topological polar surface area (TPSA) is 101 Å². The number of fused-ring (bicyclic) bond motifs is 1. The van der Waals surface area contributed by atoms with Crippen LogP contribution in [0.4, 0.5) is 5.95 Å². The van der Waals surface area contributed by atoms with Gasteiger partial charge in [-0.25, -0.2) is 15.0 Å². The Morgan fingerprint density at radius 2 is 2.00 bits per heavy atom. The molecule has 0 saturated heterocycles. The number of nitrogens with zero attached hydrogens (tertiary/aromatic N) is 4. The number of hydrogen-bond acceptors (Lipinski definition) is 7. The number of aryl methyl sites for hydroxylation is 1. The zero-order chi connectivity index (χ0) is 17.8. The van der Waals surface area contributed by atoms with E-state index < -0.39 is 0 Å². The van der Waals surface area contributed by atoms with Gasteiger partial charge in [0.25, 0.3) is 0 Å². The lowest BCUT2D eigenvalue weighted by molar-refractivity contribution is 0.270. The van der Waals surface area contributed by atoms with Gasteiger partial charge >= 0.3 is 0 Å². The Morgan fingerprint density at radius 3 is 2.77 bits per heavy atom. The number of para-hydroxylation sites is 2. The van der Waals surface area contributed by atoms with Gasteiger partial charge in [0.2, 0.25) is 5.95 Å². The van der Waals surface area contributed by atoms with E-state index in [9.17, 15) is 0 Å². The first-order chi connectivity index (χ1) is 12.8. The lowest BCUT2D eigenvalue weighted by Crippen LogP contribution is -1.98. The summed E-state index contributed by atoms with van der Waals surface area (Å²) in [6.45, 7) is 2.14. The van der Waals surface area contributed by atoms with Crippen LogP contribution in [0.3, 0.4) is 0 Å². The third-order valence-electron chi connectivity index (χ3n) is 3.78. The number of anilines is 1. The number of benzene rings is 2. The first-order valence-corrected chi connectivity index (χ1v) is 8.03. The minimum atomic E-state index is 0.316. The van der Waals surface area contributed by atoms with Crippen LogP contribution in [-0.2, 0) is 6.61 Å². The molecule has 8 heteroatoms. The van der Waals surface area contributed by atoms with Crippen molar-refractivity contribution >= 4 is 23.2 Å². The fourth-order valence-electron chi connectivity index (χ4n) is 2.36. The summed E-state index contributed by atoms with van der Waals surface area (Å²) in [7, 11) is 0. The Hall–Kier alpha value is -3.68. The molecule has 0 spiro atoms. The maximum atomic E-state index is 5.66. The van der Waals surface area contributed by atoms with Gasteiger partial charge < -0.3 is 9.72 Å². The predicted molar refractivity (Wildman–Crippen MR) is 97.1 cm³/mol. The fourth-order valence-corrected chi connectivity index (χ4v) is 2.36. The number of H-pyrrole nitrogens is 1. The Kier molecular flexibility index (Phi) is 4.29. The predicted octanol–water partition coefficient (Wildman–Crippen LogP) is 3.28. The van der Waals surface area contributed by atoms with Crippen molar-refractivity contribution in [2.24, 2.45) is 5.10 Å². The molecule has 4 aromatic rings. The second kappa shape index (κ2) is 7.06. The fraction of sp³-hybridized carbons (Fsp3) is 0.111. The molecule has 0 saturated carbocycles. The van der Waals surface area contributed by atoms with Crippen molar-refractivity contribution in [2.75, 3.05) is 5.43 Å². The number of ether oxygens (including phenoxy) is 1. The number of aromatic nitrogens is 4. The molecule has 0 aliphatic heterocycles. The summed E-state index contributed by atoms with van der Waals surface area (Å²) in [5.74, 6) is 1.33. The van der Waals surface area contributed by atoms with Crippen LogP contribution in [0.25, 0.3) is 11.0 Å². The molecule has 0 amide bonds. The summed E-state index contributed by atoms with van der Waals surface area (Å²) in [5.41, 5.74) is 7.09. The summed E-state index contributed by atoms with van der Waals surface area (Å²) >= 11 is 0. The first kappa shape index (κ1) is 15.8. The SMILES string of the molecule is Cc1nonc1COc1ccc(/C=N/Nc2nc3ccccc3[nH]2)cc1. The van der Waals surface area contributed by atoms with Crippen LogP contribution in [0.2, 0.25) is 0 Å². The van der Waals surface area contributed by atoms with Crippen molar-refractivity contribution in [3.8, 4) is 5.75 Å². The standard InChI is InChI=1S/C18H16N6O2/c1-12-17(24-26-23-12)11-25-14-8-6-13(7-9-14)10-19-22-18-20-15-4-2-3-5-16(15)21-18/h2-10H,11H2,1H3,(H2,20,21,22)/b19-10+. The van der Waals surface area contributed by atoms with Crippen molar-refractivity contribution in [1.29, 1.82) is 0 Å². The molecule has 0 atom stereocenters. The maximum Gasteiger partial charge on any atom is 0.222 e. The summed E-state index contributed by atoms with van der Waals surface area (Å²) in [5, 5.41) is 11.7. The third-order valence-corrected chi connectivity index (χ3v) is 3.78. The van der Waals surface area contributed by atoms with E-state index in [0.29, 0.717) is 18.2 Å². The summed E-state index contributed by atoms with van der Waals surface area (Å²) in [6, 6.07) is 15.4. The summed E-state index contributed by atoms with van der Waals surface area (Å²) in [6.07, 6.45) is 1.71. The number of hydrogen-bond donors (Lipinski definition) is 2. The molecule has 2 aromatic heterocycles. The lowest BCUT2D eigenvalue weighted by atomic mass is 10.2. The Morgan fingerprint density at radius 1 is 1.15 bits per heavy atom. The van der Waals surface area contributed by atoms with Gasteiger partial charge in [-0.05, 0) is 48.9 Å². The van der Waals surface area contributed by atoms with E-state index in [1.165, 1.54) is 0 Å². The minimum Gasteiger partial charge on any atom is -0.487 e. The largest absolute Gasteiger partial charge is 0.487 e. The van der Waals surface area contributed by atoms with Crippen molar-refractivity contribution in [3.05, 3.63) is 65.5 Å². The molecule has 0 fully saturated rings. The minimum absolute atomic E-state index is 0.316. The highest BCUT2D eigenvalue weighted by Crippen LogP contribution is 2.15. The van der Waals surface area contributed by atoms with Gasteiger partial charge in [0, 0.05) is 0 Å². The van der Waals surface area contributed by atoms with Gasteiger partial charge in [-0.15, -0.1) is 0 Å². The highest BCUT2D eigenvalue weighted by Gasteiger charge is 2.05. The smallest absolute Gasteiger partial charge is 0.222 e. The molecule has 2 aromatic carbocycles. The monoisotopic (exact) mass is 348 g/mol. The van der Waals surface area contributed by atoms with Gasteiger partial charge in [0.05, 0.1) is 17.2 Å². The highest BCUT2D eigenvalue weighted by atomic mass is 16.6. The molecular formula is C18H16N6O2. The number of nitrogens with one attached hydrogen (secondary N) is 2. The quantitative estimate of drug-likeness (QED) is 0.410. The van der Waals surface area contributed by atoms with Gasteiger partial charge in [0.15, 0.2) is 0 Å². The van der Waals surface area contributed by atoms with Crippen LogP contribution < -0.4 is 10.2 Å². The molecule has 4 rings (SSSR count). The highest BCUT2D eigenvalue weighted by molar-refractivity contribution is 5.81. The van der Waals surface area contributed by atoms with Crippen molar-refractivity contribution in [1.82, 2.24) is 20.3 Å². The average molecular weight is 348 g/mol. The van der Waals surface area contributed by atoms with Crippen molar-refractivity contribution in [2.45, 2.75) is 13.5 Å². The number of hydrazone groups is 1. The molecule has 0 aliphatic carbocycles. The second-order valence-corrected chi connectivity index (χ2v) is 5.63. The molecule has 0 bridgehead atoms. The third kappa shape index (κ3) is 3.54. The zero-order valence-corrected chi connectivity index (χ0v) is 14.0. The van der Waals surface area contributed by atoms with E-state index in [4.69, 9.17) is 4.74 Å². The van der Waals surface area contributed by atoms with Crippen LogP contribution in [0, 0.1) is 6.92 Å². The number of aromatic amines is 1. The average Bonchev–Trinajstić information content (AvgIpc) is 3.26. The van der Waals surface area contributed by atoms with Crippen LogP contribution in [-0.4, -0.2) is 26.5 Å². The van der Waals surface area contributed by atoms with E-state index in [1.807, 2.05) is 55.5 Å². The van der Waals surface area contributed by atoms with E-state index in [1.54, 1.807) is 6.21 Å². The van der Waals surface area contributed by atoms with E-state index in [2.05, 4.69) is 35.4 Å². The van der Waals surface area contributed by atoms with Crippen LogP contribution in [0.5, 0.6) is 5.75 Å². The number of rotatable bonds is 6. The van der Waals surface area contributed by atoms with Gasteiger partial charge in [-0.3, -0.25) is 0 Å². The Balaban J connectivity index is 1.34. The van der Waals surface area contributed by atoms with Gasteiger partial charge in [-0.2, -0.15) is 5.10 Å². The van der Waals surface area contributed by atoms with Crippen LogP contribution >= 0.6 is 0 Å². The molecular weight excluding hydrogens is 332 g/mol. The molecule has 26 heavy (non-hydrogen) atoms. The summed E-state index contributed by atoms with van der Waals surface area (Å²) in [4.78, 5) is 7.55. The molecule has 2 heterocycles. The molecule has 2 N–H and O–H groups in total. The second-order valence-electron chi connectivity index (χ2n) is 5.63. The van der Waals surface area contributed by atoms with Gasteiger partial charge in [-0.1, -0.05) is 22.4 Å². The van der Waals surface area contributed by atoms with Gasteiger partial charge in [0.1, 0.15) is 23.7 Å². The lowest BCUT2D eigenvalue weighted by Gasteiger charge is -2.04. The van der Waals surface area contributed by atoms with E-state index in [-0.39, 0.29) is 0 Å². The molecule has 0 aliphatic rings. The van der Waals surface area contributed by atoms with E-state index >= 15 is 0 Å². The molecule has 8 nitrogen and oxygen atoms in total. The zero-order valence-electron chi connectivity index (χ0n) is 14.0. The van der Waals surface area contributed by atoms with Crippen LogP contribution in [0.15, 0.2) is 58.3 Å². The first-order valence-electron chi connectivity index (χ1n) is 8.03. The summed E-state index contributed by atoms with van der Waals surface area (Å²) < 4.78 is 10.3.